The number of hydrogen-bond donors (Lipinski definition) is 0. The van der Waals surface area contributed by atoms with Gasteiger partial charge in [0.15, 0.2) is 0 Å². The van der Waals surface area contributed by atoms with Crippen LogP contribution in [0.1, 0.15) is 10.9 Å². The molecule has 5 heteroatoms. The third-order valence-electron chi connectivity index (χ3n) is 3.69. The summed E-state index contributed by atoms with van der Waals surface area (Å²) < 4.78 is 0. The van der Waals surface area contributed by atoms with Gasteiger partial charge in [0.25, 0.3) is 0 Å². The molecule has 1 unspecified atom stereocenters. The van der Waals surface area contributed by atoms with E-state index in [2.05, 4.69) is 44.4 Å². The molecule has 1 aromatic heterocycles. The molecule has 2 aliphatic rings. The van der Waals surface area contributed by atoms with Crippen LogP contribution in [0.5, 0.6) is 0 Å². The summed E-state index contributed by atoms with van der Waals surface area (Å²) in [7, 11) is 2.20. The molecule has 3 rings (SSSR count). The standard InChI is InChI=1S/C14H20N4S/c1-16-5-7-17(8-6-16)12-18-9-10-19-14(18)13-3-2-4-15-11-13/h2-4,9-11,14H,5-8,12H2,1H3. The predicted molar refractivity (Wildman–Crippen MR) is 79.5 cm³/mol. The smallest absolute Gasteiger partial charge is 0.107 e. The fourth-order valence-corrected chi connectivity index (χ4v) is 3.44. The number of likely N-dealkylation sites (N-methyl/N-ethyl adjacent to an activating group) is 1. The van der Waals surface area contributed by atoms with Crippen molar-refractivity contribution in [1.29, 1.82) is 0 Å². The molecular weight excluding hydrogens is 256 g/mol. The van der Waals surface area contributed by atoms with Crippen molar-refractivity contribution in [2.75, 3.05) is 39.9 Å². The lowest BCUT2D eigenvalue weighted by atomic mass is 10.2. The van der Waals surface area contributed by atoms with E-state index in [1.807, 2.05) is 30.2 Å². The maximum absolute atomic E-state index is 4.23. The Labute approximate surface area is 119 Å². The second-order valence-electron chi connectivity index (χ2n) is 5.14. The first-order chi connectivity index (χ1) is 9.33. The molecule has 1 fully saturated rings. The molecule has 3 heterocycles. The van der Waals surface area contributed by atoms with Crippen LogP contribution < -0.4 is 0 Å². The summed E-state index contributed by atoms with van der Waals surface area (Å²) in [6.45, 7) is 5.66. The monoisotopic (exact) mass is 276 g/mol. The third-order valence-corrected chi connectivity index (χ3v) is 4.77. The number of hydrogen-bond acceptors (Lipinski definition) is 5. The Kier molecular flexibility index (Phi) is 4.06. The minimum absolute atomic E-state index is 0.383. The second-order valence-corrected chi connectivity index (χ2v) is 6.13. The minimum Gasteiger partial charge on any atom is -0.348 e. The normalized spacial score (nSPS) is 25.1. The van der Waals surface area contributed by atoms with Crippen molar-refractivity contribution in [2.24, 2.45) is 0 Å². The van der Waals surface area contributed by atoms with E-state index in [9.17, 15) is 0 Å². The van der Waals surface area contributed by atoms with E-state index >= 15 is 0 Å². The van der Waals surface area contributed by atoms with Gasteiger partial charge < -0.3 is 9.80 Å². The first-order valence-electron chi connectivity index (χ1n) is 6.71. The summed E-state index contributed by atoms with van der Waals surface area (Å²) >= 11 is 1.86. The Bertz CT molecular complexity index is 428. The highest BCUT2D eigenvalue weighted by molar-refractivity contribution is 8.02. The van der Waals surface area contributed by atoms with Crippen LogP contribution in [0.2, 0.25) is 0 Å². The van der Waals surface area contributed by atoms with Gasteiger partial charge >= 0.3 is 0 Å². The van der Waals surface area contributed by atoms with Crippen LogP contribution >= 0.6 is 11.8 Å². The van der Waals surface area contributed by atoms with E-state index in [1.165, 1.54) is 18.7 Å². The quantitative estimate of drug-likeness (QED) is 0.837. The molecule has 2 aliphatic heterocycles. The van der Waals surface area contributed by atoms with Gasteiger partial charge in [-0.25, -0.2) is 0 Å². The molecule has 0 aromatic carbocycles. The summed E-state index contributed by atoms with van der Waals surface area (Å²) in [6, 6.07) is 4.18. The van der Waals surface area contributed by atoms with Gasteiger partial charge in [-0.15, -0.1) is 11.8 Å². The molecule has 0 bridgehead atoms. The molecule has 1 aromatic rings. The van der Waals surface area contributed by atoms with Gasteiger partial charge in [0.2, 0.25) is 0 Å². The molecule has 102 valence electrons. The van der Waals surface area contributed by atoms with Gasteiger partial charge in [0, 0.05) is 50.3 Å². The Morgan fingerprint density at radius 1 is 1.32 bits per heavy atom. The van der Waals surface area contributed by atoms with Crippen molar-refractivity contribution in [3.63, 3.8) is 0 Å². The number of thioether (sulfide) groups is 1. The molecule has 0 spiro atoms. The van der Waals surface area contributed by atoms with Gasteiger partial charge in [-0.2, -0.15) is 0 Å². The van der Waals surface area contributed by atoms with Crippen LogP contribution in [0.3, 0.4) is 0 Å². The van der Waals surface area contributed by atoms with Gasteiger partial charge in [-0.1, -0.05) is 6.07 Å². The summed E-state index contributed by atoms with van der Waals surface area (Å²) in [5, 5.41) is 2.57. The highest BCUT2D eigenvalue weighted by atomic mass is 32.2. The third kappa shape index (κ3) is 3.11. The fraction of sp³-hybridized carbons (Fsp3) is 0.500. The SMILES string of the molecule is CN1CCN(CN2C=CSC2c2cccnc2)CC1. The first kappa shape index (κ1) is 13.0. The molecule has 19 heavy (non-hydrogen) atoms. The maximum Gasteiger partial charge on any atom is 0.107 e. The molecular formula is C14H20N4S. The van der Waals surface area contributed by atoms with E-state index in [1.54, 1.807) is 0 Å². The van der Waals surface area contributed by atoms with Crippen LogP contribution in [0.25, 0.3) is 0 Å². The number of piperazine rings is 1. The van der Waals surface area contributed by atoms with Crippen LogP contribution in [0.15, 0.2) is 36.1 Å². The van der Waals surface area contributed by atoms with Crippen molar-refractivity contribution in [3.05, 3.63) is 41.7 Å². The number of aromatic nitrogens is 1. The lowest BCUT2D eigenvalue weighted by Gasteiger charge is -2.36. The average molecular weight is 276 g/mol. The molecule has 0 amide bonds. The van der Waals surface area contributed by atoms with E-state index in [0.717, 1.165) is 19.8 Å². The van der Waals surface area contributed by atoms with E-state index in [0.29, 0.717) is 5.37 Å². The summed E-state index contributed by atoms with van der Waals surface area (Å²) in [5.41, 5.74) is 1.28. The van der Waals surface area contributed by atoms with Crippen molar-refractivity contribution in [1.82, 2.24) is 19.7 Å². The van der Waals surface area contributed by atoms with Crippen LogP contribution in [-0.2, 0) is 0 Å². The van der Waals surface area contributed by atoms with E-state index < -0.39 is 0 Å². The molecule has 4 nitrogen and oxygen atoms in total. The highest BCUT2D eigenvalue weighted by Gasteiger charge is 2.24. The van der Waals surface area contributed by atoms with Gasteiger partial charge in [-0.05, 0) is 18.5 Å². The summed E-state index contributed by atoms with van der Waals surface area (Å²) in [5.74, 6) is 0. The van der Waals surface area contributed by atoms with E-state index in [-0.39, 0.29) is 0 Å². The predicted octanol–water partition coefficient (Wildman–Crippen LogP) is 1.81. The Balaban J connectivity index is 1.62. The van der Waals surface area contributed by atoms with Crippen LogP contribution in [0, 0.1) is 0 Å². The molecule has 0 N–H and O–H groups in total. The number of nitrogens with zero attached hydrogens (tertiary/aromatic N) is 4. The zero-order valence-corrected chi connectivity index (χ0v) is 12.1. The van der Waals surface area contributed by atoms with Crippen molar-refractivity contribution < 1.29 is 0 Å². The Morgan fingerprint density at radius 2 is 2.16 bits per heavy atom. The molecule has 1 saturated heterocycles. The largest absolute Gasteiger partial charge is 0.348 e. The highest BCUT2D eigenvalue weighted by Crippen LogP contribution is 2.38. The van der Waals surface area contributed by atoms with Crippen molar-refractivity contribution in [3.8, 4) is 0 Å². The molecule has 1 atom stereocenters. The van der Waals surface area contributed by atoms with Crippen LogP contribution in [0.4, 0.5) is 0 Å². The molecule has 0 radical (unpaired) electrons. The lowest BCUT2D eigenvalue weighted by molar-refractivity contribution is 0.103. The fourth-order valence-electron chi connectivity index (χ4n) is 2.48. The number of pyridine rings is 1. The zero-order chi connectivity index (χ0) is 13.1. The Morgan fingerprint density at radius 3 is 2.89 bits per heavy atom. The molecule has 0 saturated carbocycles. The van der Waals surface area contributed by atoms with Gasteiger partial charge in [0.05, 0.1) is 6.67 Å². The zero-order valence-electron chi connectivity index (χ0n) is 11.3. The number of rotatable bonds is 3. The molecule has 0 aliphatic carbocycles. The van der Waals surface area contributed by atoms with Crippen molar-refractivity contribution in [2.45, 2.75) is 5.37 Å². The second kappa shape index (κ2) is 5.94. The average Bonchev–Trinajstić information content (AvgIpc) is 2.90. The maximum atomic E-state index is 4.23. The van der Waals surface area contributed by atoms with E-state index in [4.69, 9.17) is 0 Å². The summed E-state index contributed by atoms with van der Waals surface area (Å²) in [4.78, 5) is 11.6. The first-order valence-corrected chi connectivity index (χ1v) is 7.66. The lowest BCUT2D eigenvalue weighted by Crippen LogP contribution is -2.47. The Hall–Kier alpha value is -1.04. The van der Waals surface area contributed by atoms with Gasteiger partial charge in [0.1, 0.15) is 5.37 Å². The summed E-state index contributed by atoms with van der Waals surface area (Å²) in [6.07, 6.45) is 6.02. The van der Waals surface area contributed by atoms with Gasteiger partial charge in [-0.3, -0.25) is 9.88 Å². The van der Waals surface area contributed by atoms with Crippen molar-refractivity contribution >= 4 is 11.8 Å². The van der Waals surface area contributed by atoms with Crippen LogP contribution in [-0.4, -0.2) is 59.6 Å². The minimum atomic E-state index is 0.383. The topological polar surface area (TPSA) is 22.6 Å².